The molecule has 37 valence electrons. The van der Waals surface area contributed by atoms with Gasteiger partial charge in [-0.2, -0.15) is 0 Å². The lowest BCUT2D eigenvalue weighted by atomic mass is 10.4. The van der Waals surface area contributed by atoms with Crippen molar-refractivity contribution >= 4 is 31.9 Å². The van der Waals surface area contributed by atoms with E-state index in [0.717, 1.165) is 6.42 Å². The SMILES string of the molecule is CC(Br)C[CH]Br. The van der Waals surface area contributed by atoms with Gasteiger partial charge in [0.05, 0.1) is 0 Å². The van der Waals surface area contributed by atoms with Crippen LogP contribution in [0.3, 0.4) is 0 Å². The maximum absolute atomic E-state index is 3.37. The van der Waals surface area contributed by atoms with Crippen molar-refractivity contribution in [3.05, 3.63) is 5.33 Å². The fourth-order valence-corrected chi connectivity index (χ4v) is 1.37. The van der Waals surface area contributed by atoms with Gasteiger partial charge >= 0.3 is 0 Å². The number of halogens is 2. The van der Waals surface area contributed by atoms with E-state index < -0.39 is 0 Å². The first kappa shape index (κ1) is 6.96. The van der Waals surface area contributed by atoms with Gasteiger partial charge in [-0.05, 0) is 6.42 Å². The maximum atomic E-state index is 3.37. The van der Waals surface area contributed by atoms with Gasteiger partial charge in [-0.3, -0.25) is 0 Å². The summed E-state index contributed by atoms with van der Waals surface area (Å²) in [7, 11) is 0. The molecule has 0 saturated heterocycles. The van der Waals surface area contributed by atoms with Crippen LogP contribution in [0.2, 0.25) is 0 Å². The molecule has 0 nitrogen and oxygen atoms in total. The standard InChI is InChI=1S/C4H7Br2/c1-4(6)2-3-5/h3-4H,2H2,1H3. The summed E-state index contributed by atoms with van der Waals surface area (Å²) in [6, 6.07) is 0. The summed E-state index contributed by atoms with van der Waals surface area (Å²) in [6.07, 6.45) is 1.08. The molecule has 0 fully saturated rings. The average molecular weight is 215 g/mol. The zero-order valence-electron chi connectivity index (χ0n) is 3.62. The van der Waals surface area contributed by atoms with E-state index in [1.807, 2.05) is 5.33 Å². The van der Waals surface area contributed by atoms with Crippen LogP contribution in [-0.4, -0.2) is 4.83 Å². The van der Waals surface area contributed by atoms with E-state index in [1.165, 1.54) is 0 Å². The van der Waals surface area contributed by atoms with Crippen LogP contribution < -0.4 is 0 Å². The van der Waals surface area contributed by atoms with Gasteiger partial charge in [0.25, 0.3) is 0 Å². The van der Waals surface area contributed by atoms with Crippen molar-refractivity contribution in [2.45, 2.75) is 18.2 Å². The highest BCUT2D eigenvalue weighted by Gasteiger charge is 1.89. The van der Waals surface area contributed by atoms with Crippen LogP contribution in [0, 0.1) is 5.33 Å². The molecule has 0 aliphatic heterocycles. The topological polar surface area (TPSA) is 0 Å². The summed E-state index contributed by atoms with van der Waals surface area (Å²) in [5.74, 6) is 0. The van der Waals surface area contributed by atoms with Crippen molar-refractivity contribution in [3.8, 4) is 0 Å². The molecule has 0 aliphatic rings. The Hall–Kier alpha value is 0.960. The van der Waals surface area contributed by atoms with Crippen LogP contribution in [0.1, 0.15) is 13.3 Å². The normalized spacial score (nSPS) is 14.5. The highest BCUT2D eigenvalue weighted by atomic mass is 79.9. The first-order chi connectivity index (χ1) is 2.77. The number of hydrogen-bond donors (Lipinski definition) is 0. The van der Waals surface area contributed by atoms with Gasteiger partial charge in [0.15, 0.2) is 0 Å². The molecule has 0 bridgehead atoms. The quantitative estimate of drug-likeness (QED) is 0.621. The van der Waals surface area contributed by atoms with Crippen molar-refractivity contribution in [1.29, 1.82) is 0 Å². The van der Waals surface area contributed by atoms with E-state index in [4.69, 9.17) is 0 Å². The zero-order valence-corrected chi connectivity index (χ0v) is 6.79. The number of hydrogen-bond acceptors (Lipinski definition) is 0. The molecule has 0 heterocycles. The molecular weight excluding hydrogens is 208 g/mol. The Labute approximate surface area is 55.6 Å². The van der Waals surface area contributed by atoms with Crippen LogP contribution in [0.25, 0.3) is 0 Å². The van der Waals surface area contributed by atoms with Crippen LogP contribution in [0.15, 0.2) is 0 Å². The lowest BCUT2D eigenvalue weighted by molar-refractivity contribution is 0.989. The van der Waals surface area contributed by atoms with Crippen LogP contribution in [0.4, 0.5) is 0 Å². The summed E-state index contributed by atoms with van der Waals surface area (Å²) < 4.78 is 0. The summed E-state index contributed by atoms with van der Waals surface area (Å²) in [6.45, 7) is 2.11. The van der Waals surface area contributed by atoms with Crippen LogP contribution in [0.5, 0.6) is 0 Å². The Morgan fingerprint density at radius 1 is 1.83 bits per heavy atom. The Kier molecular flexibility index (Phi) is 4.79. The molecular formula is C4H7Br2. The fourth-order valence-electron chi connectivity index (χ4n) is 0.123. The second-order valence-corrected chi connectivity index (χ2v) is 3.38. The van der Waals surface area contributed by atoms with Crippen molar-refractivity contribution in [3.63, 3.8) is 0 Å². The summed E-state index contributed by atoms with van der Waals surface area (Å²) >= 11 is 6.57. The van der Waals surface area contributed by atoms with Gasteiger partial charge in [0.2, 0.25) is 0 Å². The highest BCUT2D eigenvalue weighted by Crippen LogP contribution is 2.07. The van der Waals surface area contributed by atoms with Gasteiger partial charge in [-0.1, -0.05) is 38.8 Å². The lowest BCUT2D eigenvalue weighted by Gasteiger charge is -1.92. The van der Waals surface area contributed by atoms with E-state index in [-0.39, 0.29) is 0 Å². The van der Waals surface area contributed by atoms with Crippen molar-refractivity contribution in [1.82, 2.24) is 0 Å². The minimum absolute atomic E-state index is 0.608. The van der Waals surface area contributed by atoms with Gasteiger partial charge in [-0.15, -0.1) is 0 Å². The van der Waals surface area contributed by atoms with Crippen molar-refractivity contribution < 1.29 is 0 Å². The fraction of sp³-hybridized carbons (Fsp3) is 0.750. The van der Waals surface area contributed by atoms with Crippen molar-refractivity contribution in [2.24, 2.45) is 0 Å². The second kappa shape index (κ2) is 4.13. The van der Waals surface area contributed by atoms with Gasteiger partial charge < -0.3 is 0 Å². The minimum Gasteiger partial charge on any atom is -0.0893 e. The van der Waals surface area contributed by atoms with Gasteiger partial charge in [-0.25, -0.2) is 0 Å². The molecule has 0 aliphatic carbocycles. The Morgan fingerprint density at radius 2 is 2.33 bits per heavy atom. The van der Waals surface area contributed by atoms with Crippen molar-refractivity contribution in [2.75, 3.05) is 0 Å². The zero-order chi connectivity index (χ0) is 4.99. The third-order valence-electron chi connectivity index (χ3n) is 0.414. The Balaban J connectivity index is 2.63. The molecule has 0 N–H and O–H groups in total. The molecule has 0 rings (SSSR count). The van der Waals surface area contributed by atoms with E-state index in [1.54, 1.807) is 0 Å². The predicted molar refractivity (Wildman–Crippen MR) is 36.2 cm³/mol. The maximum Gasteiger partial charge on any atom is 0.0282 e. The predicted octanol–water partition coefficient (Wildman–Crippen LogP) is 2.72. The molecule has 1 unspecified atom stereocenters. The monoisotopic (exact) mass is 213 g/mol. The highest BCUT2D eigenvalue weighted by molar-refractivity contribution is 9.10. The van der Waals surface area contributed by atoms with Gasteiger partial charge in [0.1, 0.15) is 0 Å². The first-order valence-corrected chi connectivity index (χ1v) is 3.66. The largest absolute Gasteiger partial charge is 0.0893 e. The van der Waals surface area contributed by atoms with E-state index in [2.05, 4.69) is 38.8 Å². The summed E-state index contributed by atoms with van der Waals surface area (Å²) in [5.41, 5.74) is 0. The minimum atomic E-state index is 0.608. The Morgan fingerprint density at radius 3 is 2.33 bits per heavy atom. The third kappa shape index (κ3) is 4.96. The Bertz CT molecular complexity index is 26.7. The molecule has 0 aromatic heterocycles. The number of alkyl halides is 1. The first-order valence-electron chi connectivity index (χ1n) is 1.83. The van der Waals surface area contributed by atoms with E-state index >= 15 is 0 Å². The molecule has 0 spiro atoms. The molecule has 1 atom stereocenters. The third-order valence-corrected chi connectivity index (χ3v) is 1.16. The summed E-state index contributed by atoms with van der Waals surface area (Å²) in [5, 5.41) is 1.96. The molecule has 0 aromatic carbocycles. The molecule has 0 saturated carbocycles. The molecule has 1 radical (unpaired) electrons. The molecule has 0 amide bonds. The van der Waals surface area contributed by atoms with E-state index in [0.29, 0.717) is 4.83 Å². The molecule has 2 heteroatoms. The second-order valence-electron chi connectivity index (χ2n) is 1.17. The van der Waals surface area contributed by atoms with Crippen LogP contribution >= 0.6 is 31.9 Å². The average Bonchev–Trinajstić information content (AvgIpc) is 1.35. The lowest BCUT2D eigenvalue weighted by Crippen LogP contribution is -1.83. The smallest absolute Gasteiger partial charge is 0.0282 e. The number of rotatable bonds is 2. The van der Waals surface area contributed by atoms with Gasteiger partial charge in [0, 0.05) is 10.2 Å². The molecule has 6 heavy (non-hydrogen) atoms. The van der Waals surface area contributed by atoms with E-state index in [9.17, 15) is 0 Å². The molecule has 0 aromatic rings. The summed E-state index contributed by atoms with van der Waals surface area (Å²) in [4.78, 5) is 0.608. The van der Waals surface area contributed by atoms with Crippen LogP contribution in [-0.2, 0) is 0 Å².